The van der Waals surface area contributed by atoms with E-state index >= 15 is 0 Å². The number of amides is 1. The van der Waals surface area contributed by atoms with Crippen LogP contribution >= 0.6 is 0 Å². The monoisotopic (exact) mass is 311 g/mol. The second kappa shape index (κ2) is 6.13. The molecule has 1 saturated heterocycles. The maximum absolute atomic E-state index is 12.5. The Kier molecular flexibility index (Phi) is 4.65. The van der Waals surface area contributed by atoms with Gasteiger partial charge < -0.3 is 10.2 Å². The van der Waals surface area contributed by atoms with Gasteiger partial charge in [-0.15, -0.1) is 0 Å². The molecule has 0 radical (unpaired) electrons. The summed E-state index contributed by atoms with van der Waals surface area (Å²) in [4.78, 5) is 13.5. The molecule has 0 aliphatic carbocycles. The summed E-state index contributed by atoms with van der Waals surface area (Å²) in [7, 11) is -0.0690. The molecule has 0 bridgehead atoms. The lowest BCUT2D eigenvalue weighted by molar-refractivity contribution is -0.132. The van der Waals surface area contributed by atoms with Crippen LogP contribution in [0.3, 0.4) is 0 Å². The maximum Gasteiger partial charge on any atom is 0.243 e. The fourth-order valence-electron chi connectivity index (χ4n) is 2.19. The molecular formula is C14H21N3O3S. The van der Waals surface area contributed by atoms with E-state index in [9.17, 15) is 13.2 Å². The summed E-state index contributed by atoms with van der Waals surface area (Å²) in [5, 5.41) is 3.10. The molecule has 1 aliphatic rings. The number of hydrogen-bond acceptors (Lipinski definition) is 4. The van der Waals surface area contributed by atoms with Crippen LogP contribution in [0.25, 0.3) is 0 Å². The Morgan fingerprint density at radius 3 is 2.33 bits per heavy atom. The zero-order valence-corrected chi connectivity index (χ0v) is 13.4. The number of likely N-dealkylation sites (N-methyl/N-ethyl adjacent to an activating group) is 1. The molecule has 0 aromatic heterocycles. The van der Waals surface area contributed by atoms with Crippen molar-refractivity contribution in [3.05, 3.63) is 29.8 Å². The zero-order valence-electron chi connectivity index (χ0n) is 12.5. The Bertz CT molecular complexity index is 613. The number of sulfonamides is 1. The van der Waals surface area contributed by atoms with Gasteiger partial charge in [-0.2, -0.15) is 4.31 Å². The molecule has 1 amide bonds. The third-order valence-electron chi connectivity index (χ3n) is 3.87. The van der Waals surface area contributed by atoms with Crippen molar-refractivity contribution in [2.24, 2.45) is 0 Å². The van der Waals surface area contributed by atoms with Gasteiger partial charge in [-0.05, 0) is 31.7 Å². The summed E-state index contributed by atoms with van der Waals surface area (Å²) in [5.41, 5.74) is 1.02. The third kappa shape index (κ3) is 3.25. The van der Waals surface area contributed by atoms with Crippen molar-refractivity contribution >= 4 is 15.9 Å². The van der Waals surface area contributed by atoms with E-state index in [1.54, 1.807) is 36.2 Å². The molecule has 21 heavy (non-hydrogen) atoms. The van der Waals surface area contributed by atoms with E-state index in [2.05, 4.69) is 5.32 Å². The van der Waals surface area contributed by atoms with Gasteiger partial charge in [0.1, 0.15) is 0 Å². The van der Waals surface area contributed by atoms with Crippen molar-refractivity contribution in [1.29, 1.82) is 0 Å². The van der Waals surface area contributed by atoms with E-state index in [4.69, 9.17) is 0 Å². The molecule has 1 aromatic rings. The van der Waals surface area contributed by atoms with Crippen LogP contribution in [0.1, 0.15) is 18.5 Å². The average Bonchev–Trinajstić information content (AvgIpc) is 2.49. The molecule has 6 nitrogen and oxygen atoms in total. The van der Waals surface area contributed by atoms with E-state index in [0.717, 1.165) is 5.56 Å². The lowest BCUT2D eigenvalue weighted by atomic mass is 10.1. The number of hydrogen-bond donors (Lipinski definition) is 1. The van der Waals surface area contributed by atoms with E-state index in [0.29, 0.717) is 13.1 Å². The predicted molar refractivity (Wildman–Crippen MR) is 80.3 cm³/mol. The van der Waals surface area contributed by atoms with Crippen molar-refractivity contribution in [3.63, 3.8) is 0 Å². The number of piperazine rings is 1. The van der Waals surface area contributed by atoms with Crippen LogP contribution in [0.2, 0.25) is 0 Å². The van der Waals surface area contributed by atoms with Crippen molar-refractivity contribution in [2.75, 3.05) is 33.7 Å². The minimum absolute atomic E-state index is 0.0898. The fourth-order valence-corrected chi connectivity index (χ4v) is 3.57. The second-order valence-corrected chi connectivity index (χ2v) is 7.17. The number of rotatable bonds is 4. The van der Waals surface area contributed by atoms with E-state index < -0.39 is 10.0 Å². The summed E-state index contributed by atoms with van der Waals surface area (Å²) in [6.45, 7) is 2.67. The zero-order chi connectivity index (χ0) is 15.6. The van der Waals surface area contributed by atoms with Gasteiger partial charge in [0.05, 0.1) is 11.4 Å². The van der Waals surface area contributed by atoms with Gasteiger partial charge >= 0.3 is 0 Å². The number of carbonyl (C=O) groups excluding carboxylic acids is 1. The summed E-state index contributed by atoms with van der Waals surface area (Å²) in [5.74, 6) is -0.176. The molecule has 1 fully saturated rings. The largest absolute Gasteiger partial charge is 0.343 e. The molecule has 0 spiro atoms. The van der Waals surface area contributed by atoms with Crippen molar-refractivity contribution in [3.8, 4) is 0 Å². The summed E-state index contributed by atoms with van der Waals surface area (Å²) < 4.78 is 26.3. The van der Waals surface area contributed by atoms with E-state index in [1.165, 1.54) is 4.31 Å². The standard InChI is InChI=1S/C14H21N3O3S/c1-11(15-2)12-4-6-13(7-5-12)21(19,20)17-9-8-16(3)14(18)10-17/h4-7,11,15H,8-10H2,1-3H3. The number of benzene rings is 1. The number of nitrogens with one attached hydrogen (secondary N) is 1. The first-order valence-electron chi connectivity index (χ1n) is 6.87. The smallest absolute Gasteiger partial charge is 0.243 e. The lowest BCUT2D eigenvalue weighted by Crippen LogP contribution is -2.50. The molecule has 1 heterocycles. The summed E-state index contributed by atoms with van der Waals surface area (Å²) >= 11 is 0. The molecule has 1 atom stereocenters. The van der Waals surface area contributed by atoms with Gasteiger partial charge in [-0.25, -0.2) is 8.42 Å². The van der Waals surface area contributed by atoms with E-state index in [-0.39, 0.29) is 23.4 Å². The number of nitrogens with zero attached hydrogens (tertiary/aromatic N) is 2. The minimum atomic E-state index is -3.60. The highest BCUT2D eigenvalue weighted by Crippen LogP contribution is 2.20. The van der Waals surface area contributed by atoms with Crippen LogP contribution in [-0.4, -0.2) is 57.3 Å². The van der Waals surface area contributed by atoms with Gasteiger partial charge in [0.25, 0.3) is 0 Å². The SMILES string of the molecule is CNC(C)c1ccc(S(=O)(=O)N2CCN(C)C(=O)C2)cc1. The summed E-state index contributed by atoms with van der Waals surface area (Å²) in [6.07, 6.45) is 0. The van der Waals surface area contributed by atoms with Crippen LogP contribution in [-0.2, 0) is 14.8 Å². The van der Waals surface area contributed by atoms with Crippen molar-refractivity contribution < 1.29 is 13.2 Å². The topological polar surface area (TPSA) is 69.7 Å². The van der Waals surface area contributed by atoms with Crippen LogP contribution < -0.4 is 5.32 Å². The Morgan fingerprint density at radius 1 is 1.19 bits per heavy atom. The van der Waals surface area contributed by atoms with Gasteiger partial charge in [-0.1, -0.05) is 12.1 Å². The van der Waals surface area contributed by atoms with Gasteiger partial charge in [0.2, 0.25) is 15.9 Å². The Hall–Kier alpha value is -1.44. The first-order chi connectivity index (χ1) is 9.86. The van der Waals surface area contributed by atoms with Crippen molar-refractivity contribution in [1.82, 2.24) is 14.5 Å². The predicted octanol–water partition coefficient (Wildman–Crippen LogP) is 0.430. The molecular weight excluding hydrogens is 290 g/mol. The van der Waals surface area contributed by atoms with Gasteiger partial charge in [0, 0.05) is 26.2 Å². The van der Waals surface area contributed by atoms with Crippen LogP contribution in [0, 0.1) is 0 Å². The Balaban J connectivity index is 2.22. The molecule has 116 valence electrons. The van der Waals surface area contributed by atoms with Crippen LogP contribution in [0.4, 0.5) is 0 Å². The summed E-state index contributed by atoms with van der Waals surface area (Å²) in [6, 6.07) is 6.95. The molecule has 7 heteroatoms. The molecule has 2 rings (SSSR count). The Labute approximate surface area is 125 Å². The molecule has 1 aromatic carbocycles. The third-order valence-corrected chi connectivity index (χ3v) is 5.73. The number of carbonyl (C=O) groups is 1. The second-order valence-electron chi connectivity index (χ2n) is 5.23. The highest BCUT2D eigenvalue weighted by Gasteiger charge is 2.31. The molecule has 1 aliphatic heterocycles. The first-order valence-corrected chi connectivity index (χ1v) is 8.31. The fraction of sp³-hybridized carbons (Fsp3) is 0.500. The molecule has 1 N–H and O–H groups in total. The maximum atomic E-state index is 12.5. The Morgan fingerprint density at radius 2 is 1.81 bits per heavy atom. The van der Waals surface area contributed by atoms with Crippen LogP contribution in [0.5, 0.6) is 0 Å². The highest BCUT2D eigenvalue weighted by molar-refractivity contribution is 7.89. The normalized spacial score (nSPS) is 18.8. The van der Waals surface area contributed by atoms with Crippen LogP contribution in [0.15, 0.2) is 29.2 Å². The van der Waals surface area contributed by atoms with Crippen molar-refractivity contribution in [2.45, 2.75) is 17.9 Å². The first kappa shape index (κ1) is 15.9. The highest BCUT2D eigenvalue weighted by atomic mass is 32.2. The van der Waals surface area contributed by atoms with Gasteiger partial charge in [-0.3, -0.25) is 4.79 Å². The molecule has 0 saturated carbocycles. The minimum Gasteiger partial charge on any atom is -0.343 e. The molecule has 1 unspecified atom stereocenters. The quantitative estimate of drug-likeness (QED) is 0.875. The average molecular weight is 311 g/mol. The lowest BCUT2D eigenvalue weighted by Gasteiger charge is -2.31. The van der Waals surface area contributed by atoms with Gasteiger partial charge in [0.15, 0.2) is 0 Å². The van der Waals surface area contributed by atoms with E-state index in [1.807, 2.05) is 14.0 Å².